The topological polar surface area (TPSA) is 105 Å². The van der Waals surface area contributed by atoms with E-state index in [0.29, 0.717) is 38.9 Å². The van der Waals surface area contributed by atoms with Crippen LogP contribution in [-0.2, 0) is 19.2 Å². The van der Waals surface area contributed by atoms with Gasteiger partial charge in [0.15, 0.2) is 23.2 Å². The molecule has 2 aliphatic heterocycles. The van der Waals surface area contributed by atoms with Crippen molar-refractivity contribution in [3.05, 3.63) is 29.3 Å². The van der Waals surface area contributed by atoms with Crippen LogP contribution in [0.2, 0.25) is 0 Å². The predicted octanol–water partition coefficient (Wildman–Crippen LogP) is 2.63. The van der Waals surface area contributed by atoms with Crippen LogP contribution in [0.25, 0.3) is 0 Å². The van der Waals surface area contributed by atoms with E-state index >= 15 is 0 Å². The summed E-state index contributed by atoms with van der Waals surface area (Å²) in [7, 11) is 0. The number of nitrogens with zero attached hydrogens (tertiary/aromatic N) is 1. The van der Waals surface area contributed by atoms with E-state index in [9.17, 15) is 36.7 Å². The maximum atomic E-state index is 13.9. The smallest absolute Gasteiger partial charge is 0.225 e. The lowest BCUT2D eigenvalue weighted by atomic mass is 9.92. The highest BCUT2D eigenvalue weighted by molar-refractivity contribution is 5.92. The Morgan fingerprint density at radius 1 is 0.974 bits per heavy atom. The van der Waals surface area contributed by atoms with E-state index < -0.39 is 65.2 Å². The minimum Gasteiger partial charge on any atom is -0.479 e. The second-order valence-corrected chi connectivity index (χ2v) is 10.2. The number of amides is 3. The van der Waals surface area contributed by atoms with E-state index in [4.69, 9.17) is 4.74 Å². The van der Waals surface area contributed by atoms with Gasteiger partial charge in [0.25, 0.3) is 0 Å². The molecule has 2 saturated heterocycles. The van der Waals surface area contributed by atoms with Gasteiger partial charge in [-0.1, -0.05) is 12.8 Å². The van der Waals surface area contributed by atoms with Crippen LogP contribution < -0.4 is 15.4 Å². The van der Waals surface area contributed by atoms with Gasteiger partial charge in [-0.3, -0.25) is 19.2 Å². The molecular formula is C26H31F4N3O5. The second-order valence-electron chi connectivity index (χ2n) is 10.2. The van der Waals surface area contributed by atoms with Crippen LogP contribution in [0.1, 0.15) is 51.4 Å². The summed E-state index contributed by atoms with van der Waals surface area (Å²) >= 11 is 0. The third-order valence-corrected chi connectivity index (χ3v) is 7.70. The number of nitrogens with one attached hydrogen (secondary N) is 2. The van der Waals surface area contributed by atoms with Gasteiger partial charge in [0.2, 0.25) is 29.4 Å². The molecule has 12 heteroatoms. The van der Waals surface area contributed by atoms with Gasteiger partial charge < -0.3 is 20.3 Å². The predicted molar refractivity (Wildman–Crippen MR) is 126 cm³/mol. The quantitative estimate of drug-likeness (QED) is 0.370. The normalized spacial score (nSPS) is 21.3. The fourth-order valence-electron chi connectivity index (χ4n) is 5.43. The van der Waals surface area contributed by atoms with E-state index in [-0.39, 0.29) is 30.2 Å². The summed E-state index contributed by atoms with van der Waals surface area (Å²) in [6.45, 7) is 0.263. The van der Waals surface area contributed by atoms with Crippen molar-refractivity contribution in [2.45, 2.75) is 57.4 Å². The Morgan fingerprint density at radius 3 is 2.18 bits per heavy atom. The van der Waals surface area contributed by atoms with Crippen LogP contribution in [0.4, 0.5) is 17.6 Å². The molecule has 3 aliphatic rings. The second kappa shape index (κ2) is 12.1. The third kappa shape index (κ3) is 6.27. The molecular weight excluding hydrogens is 510 g/mol. The standard InChI is InChI=1S/C26H31F4N3O5/c27-17-12-18(28)22(30)23(21(17)29)38-13-20(34)19(11-16-5-8-31-24(16)35)32-25(36)14-6-9-33(10-7-14)26(37)15-3-1-2-4-15/h12,14-16,19H,1-11,13H2,(H,31,35)(H,32,36)/t16-,19-/m0/s1. The number of hydrogen-bond acceptors (Lipinski definition) is 5. The molecule has 3 amide bonds. The van der Waals surface area contributed by atoms with Crippen molar-refractivity contribution in [2.24, 2.45) is 17.8 Å². The van der Waals surface area contributed by atoms with Crippen molar-refractivity contribution >= 4 is 23.5 Å². The summed E-state index contributed by atoms with van der Waals surface area (Å²) in [5.41, 5.74) is 0. The summed E-state index contributed by atoms with van der Waals surface area (Å²) in [5, 5.41) is 5.27. The number of ketones is 1. The highest BCUT2D eigenvalue weighted by Crippen LogP contribution is 2.29. The molecule has 0 aromatic heterocycles. The highest BCUT2D eigenvalue weighted by atomic mass is 19.2. The zero-order valence-corrected chi connectivity index (χ0v) is 20.9. The highest BCUT2D eigenvalue weighted by Gasteiger charge is 2.36. The van der Waals surface area contributed by atoms with E-state index in [1.807, 2.05) is 0 Å². The number of piperidine rings is 1. The largest absolute Gasteiger partial charge is 0.479 e. The van der Waals surface area contributed by atoms with Crippen LogP contribution >= 0.6 is 0 Å². The third-order valence-electron chi connectivity index (χ3n) is 7.70. The maximum absolute atomic E-state index is 13.9. The van der Waals surface area contributed by atoms with Crippen molar-refractivity contribution < 1.29 is 41.5 Å². The molecule has 3 fully saturated rings. The van der Waals surface area contributed by atoms with E-state index in [1.54, 1.807) is 4.90 Å². The number of benzene rings is 1. The molecule has 1 aromatic carbocycles. The zero-order valence-electron chi connectivity index (χ0n) is 20.9. The Labute approximate surface area is 217 Å². The Balaban J connectivity index is 1.38. The van der Waals surface area contributed by atoms with Gasteiger partial charge >= 0.3 is 0 Å². The number of carbonyl (C=O) groups excluding carboxylic acids is 4. The number of hydrogen-bond donors (Lipinski definition) is 2. The van der Waals surface area contributed by atoms with Gasteiger partial charge in [-0.05, 0) is 38.5 Å². The Kier molecular flexibility index (Phi) is 8.88. The first kappa shape index (κ1) is 27.8. The molecule has 2 atom stereocenters. The van der Waals surface area contributed by atoms with E-state index in [0.717, 1.165) is 25.7 Å². The van der Waals surface area contributed by atoms with Gasteiger partial charge in [0.1, 0.15) is 6.61 Å². The Morgan fingerprint density at radius 2 is 1.61 bits per heavy atom. The van der Waals surface area contributed by atoms with Crippen molar-refractivity contribution in [3.8, 4) is 5.75 Å². The van der Waals surface area contributed by atoms with Gasteiger partial charge in [0.05, 0.1) is 6.04 Å². The average molecular weight is 542 g/mol. The minimum atomic E-state index is -1.79. The number of rotatable bonds is 9. The number of carbonyl (C=O) groups is 4. The molecule has 1 saturated carbocycles. The lowest BCUT2D eigenvalue weighted by Crippen LogP contribution is -2.49. The summed E-state index contributed by atoms with van der Waals surface area (Å²) in [5.74, 6) is -10.7. The molecule has 8 nitrogen and oxygen atoms in total. The molecule has 2 heterocycles. The van der Waals surface area contributed by atoms with Crippen LogP contribution in [0, 0.1) is 41.0 Å². The Bertz CT molecular complexity index is 1060. The fraction of sp³-hybridized carbons (Fsp3) is 0.615. The number of ether oxygens (including phenoxy) is 1. The monoisotopic (exact) mass is 541 g/mol. The van der Waals surface area contributed by atoms with Crippen molar-refractivity contribution in [2.75, 3.05) is 26.2 Å². The summed E-state index contributed by atoms with van der Waals surface area (Å²) in [6, 6.07) is -1.20. The Hall–Kier alpha value is -3.18. The van der Waals surface area contributed by atoms with E-state index in [2.05, 4.69) is 10.6 Å². The first-order chi connectivity index (χ1) is 18.2. The van der Waals surface area contributed by atoms with Crippen molar-refractivity contribution in [1.29, 1.82) is 0 Å². The molecule has 2 N–H and O–H groups in total. The molecule has 0 spiro atoms. The number of likely N-dealkylation sites (tertiary alicyclic amines) is 1. The van der Waals surface area contributed by atoms with Gasteiger partial charge in [-0.2, -0.15) is 8.78 Å². The molecule has 4 rings (SSSR count). The SMILES string of the molecule is O=C(N[C@@H](C[C@@H]1CCNC1=O)C(=O)COc1c(F)c(F)cc(F)c1F)C1CCN(C(=O)C2CCCC2)CC1. The first-order valence-corrected chi connectivity index (χ1v) is 13.0. The number of Topliss-reactive ketones (excluding diaryl/α,β-unsaturated/α-hetero) is 1. The summed E-state index contributed by atoms with van der Waals surface area (Å²) < 4.78 is 59.7. The van der Waals surface area contributed by atoms with Crippen LogP contribution in [0.15, 0.2) is 6.07 Å². The molecule has 0 unspecified atom stereocenters. The summed E-state index contributed by atoms with van der Waals surface area (Å²) in [6.07, 6.45) is 5.03. The first-order valence-electron chi connectivity index (χ1n) is 13.0. The number of halogens is 4. The average Bonchev–Trinajstić information content (AvgIpc) is 3.59. The fourth-order valence-corrected chi connectivity index (χ4v) is 5.43. The molecule has 0 bridgehead atoms. The minimum absolute atomic E-state index is 0.0215. The van der Waals surface area contributed by atoms with Crippen LogP contribution in [0.5, 0.6) is 5.75 Å². The van der Waals surface area contributed by atoms with Crippen molar-refractivity contribution in [1.82, 2.24) is 15.5 Å². The molecule has 208 valence electrons. The van der Waals surface area contributed by atoms with Crippen LogP contribution in [0.3, 0.4) is 0 Å². The van der Waals surface area contributed by atoms with Gasteiger partial charge in [-0.15, -0.1) is 0 Å². The van der Waals surface area contributed by atoms with Crippen LogP contribution in [-0.4, -0.2) is 60.7 Å². The maximum Gasteiger partial charge on any atom is 0.225 e. The lowest BCUT2D eigenvalue weighted by molar-refractivity contribution is -0.139. The van der Waals surface area contributed by atoms with Gasteiger partial charge in [0, 0.05) is 43.5 Å². The summed E-state index contributed by atoms with van der Waals surface area (Å²) in [4.78, 5) is 52.5. The van der Waals surface area contributed by atoms with Crippen molar-refractivity contribution in [3.63, 3.8) is 0 Å². The molecule has 1 aliphatic carbocycles. The lowest BCUT2D eigenvalue weighted by Gasteiger charge is -2.33. The molecule has 1 aromatic rings. The molecule has 0 radical (unpaired) electrons. The zero-order chi connectivity index (χ0) is 27.4. The van der Waals surface area contributed by atoms with E-state index in [1.165, 1.54) is 0 Å². The molecule has 38 heavy (non-hydrogen) atoms. The van der Waals surface area contributed by atoms with Gasteiger partial charge in [-0.25, -0.2) is 8.78 Å².